The van der Waals surface area contributed by atoms with Crippen molar-refractivity contribution < 1.29 is 18.0 Å². The maximum atomic E-state index is 13.1. The van der Waals surface area contributed by atoms with Crippen LogP contribution in [0.1, 0.15) is 41.7 Å². The highest BCUT2D eigenvalue weighted by atomic mass is 35.5. The van der Waals surface area contributed by atoms with Gasteiger partial charge in [0.2, 0.25) is 0 Å². The Bertz CT molecular complexity index is 1580. The van der Waals surface area contributed by atoms with Crippen molar-refractivity contribution >= 4 is 45.3 Å². The van der Waals surface area contributed by atoms with Gasteiger partial charge in [-0.3, -0.25) is 4.79 Å². The number of urea groups is 1. The minimum Gasteiger partial charge on any atom is -0.338 e. The van der Waals surface area contributed by atoms with Crippen LogP contribution in [0, 0.1) is 5.92 Å². The molecule has 4 rings (SSSR count). The molecule has 0 aliphatic rings. The largest absolute Gasteiger partial charge is 0.338 e. The molecule has 2 N–H and O–H groups in total. The van der Waals surface area contributed by atoms with Gasteiger partial charge < -0.3 is 9.88 Å². The monoisotopic (exact) mass is 584 g/mol. The number of imidazole rings is 1. The van der Waals surface area contributed by atoms with E-state index in [2.05, 4.69) is 28.9 Å². The Morgan fingerprint density at radius 2 is 1.79 bits per heavy atom. The average Bonchev–Trinajstić information content (AvgIpc) is 3.45. The first-order valence-corrected chi connectivity index (χ1v) is 15.1. The van der Waals surface area contributed by atoms with Crippen LogP contribution < -0.4 is 10.0 Å². The van der Waals surface area contributed by atoms with Crippen LogP contribution in [-0.2, 0) is 23.0 Å². The number of aldehydes is 1. The maximum Gasteiger partial charge on any atom is 0.328 e. The Kier molecular flexibility index (Phi) is 8.89. The van der Waals surface area contributed by atoms with Crippen LogP contribution in [0.3, 0.4) is 0 Å². The van der Waals surface area contributed by atoms with E-state index in [1.807, 2.05) is 60.7 Å². The number of benzene rings is 2. The van der Waals surface area contributed by atoms with E-state index in [1.165, 1.54) is 11.3 Å². The Hall–Kier alpha value is -3.47. The van der Waals surface area contributed by atoms with Gasteiger partial charge in [0.25, 0.3) is 10.0 Å². The van der Waals surface area contributed by atoms with Gasteiger partial charge in [-0.2, -0.15) is 0 Å². The first kappa shape index (κ1) is 28.5. The molecule has 0 radical (unpaired) electrons. The van der Waals surface area contributed by atoms with Gasteiger partial charge >= 0.3 is 6.03 Å². The van der Waals surface area contributed by atoms with Crippen molar-refractivity contribution in [2.75, 3.05) is 6.54 Å². The Labute approximate surface area is 237 Å². The van der Waals surface area contributed by atoms with Gasteiger partial charge in [0.05, 0.1) is 0 Å². The molecule has 204 valence electrons. The number of sulfonamides is 1. The zero-order valence-electron chi connectivity index (χ0n) is 21.8. The lowest BCUT2D eigenvalue weighted by Crippen LogP contribution is -2.39. The molecule has 0 saturated carbocycles. The summed E-state index contributed by atoms with van der Waals surface area (Å²) in [5.41, 5.74) is 3.21. The Morgan fingerprint density at radius 3 is 2.41 bits per heavy atom. The lowest BCUT2D eigenvalue weighted by molar-refractivity contribution is 0.111. The van der Waals surface area contributed by atoms with Crippen LogP contribution in [0.5, 0.6) is 0 Å². The van der Waals surface area contributed by atoms with Gasteiger partial charge in [0.1, 0.15) is 15.7 Å². The van der Waals surface area contributed by atoms with E-state index in [-0.39, 0.29) is 15.1 Å². The lowest BCUT2D eigenvalue weighted by Gasteiger charge is -2.11. The number of halogens is 1. The number of rotatable bonds is 10. The number of aromatic nitrogens is 2. The van der Waals surface area contributed by atoms with Crippen molar-refractivity contribution in [3.05, 3.63) is 82.0 Å². The normalized spacial score (nSPS) is 11.5. The summed E-state index contributed by atoms with van der Waals surface area (Å²) in [4.78, 5) is 29.2. The molecule has 39 heavy (non-hydrogen) atoms. The molecule has 11 heteroatoms. The molecule has 2 aromatic heterocycles. The number of nitrogens with zero attached hydrogens (tertiary/aromatic N) is 2. The van der Waals surface area contributed by atoms with E-state index in [9.17, 15) is 18.0 Å². The summed E-state index contributed by atoms with van der Waals surface area (Å²) in [6, 6.07) is 18.0. The summed E-state index contributed by atoms with van der Waals surface area (Å²) in [5, 5.41) is 2.59. The van der Waals surface area contributed by atoms with Gasteiger partial charge in [-0.15, -0.1) is 11.3 Å². The molecule has 0 bridgehead atoms. The SMILES string of the molecule is CCNC(=O)NS(=O)(=O)c1sc(CC(C)C)cc1-c1ccc(Cn2c(-c3ccccc3)nc(Cl)c2C=O)cc1. The van der Waals surface area contributed by atoms with E-state index < -0.39 is 16.1 Å². The number of hydrogen-bond acceptors (Lipinski definition) is 6. The second-order valence-electron chi connectivity index (χ2n) is 9.36. The van der Waals surface area contributed by atoms with Crippen molar-refractivity contribution in [1.82, 2.24) is 19.6 Å². The van der Waals surface area contributed by atoms with Crippen molar-refractivity contribution in [3.8, 4) is 22.5 Å². The summed E-state index contributed by atoms with van der Waals surface area (Å²) in [6.45, 7) is 6.48. The quantitative estimate of drug-likeness (QED) is 0.222. The van der Waals surface area contributed by atoms with Crippen molar-refractivity contribution in [1.29, 1.82) is 0 Å². The van der Waals surface area contributed by atoms with E-state index in [0.29, 0.717) is 48.7 Å². The van der Waals surface area contributed by atoms with Gasteiger partial charge in [0.15, 0.2) is 11.4 Å². The highest BCUT2D eigenvalue weighted by Gasteiger charge is 2.26. The Morgan fingerprint density at radius 1 is 1.10 bits per heavy atom. The lowest BCUT2D eigenvalue weighted by atomic mass is 10.0. The molecule has 0 spiro atoms. The van der Waals surface area contributed by atoms with Gasteiger partial charge in [-0.25, -0.2) is 22.9 Å². The molecule has 2 heterocycles. The summed E-state index contributed by atoms with van der Waals surface area (Å²) < 4.78 is 30.3. The zero-order chi connectivity index (χ0) is 28.2. The van der Waals surface area contributed by atoms with Crippen LogP contribution >= 0.6 is 22.9 Å². The number of amides is 2. The molecule has 0 aliphatic heterocycles. The highest BCUT2D eigenvalue weighted by molar-refractivity contribution is 7.92. The highest BCUT2D eigenvalue weighted by Crippen LogP contribution is 2.36. The molecule has 0 fully saturated rings. The minimum atomic E-state index is -4.09. The average molecular weight is 585 g/mol. The van der Waals surface area contributed by atoms with Gasteiger partial charge in [0, 0.05) is 29.1 Å². The fraction of sp³-hybridized carbons (Fsp3) is 0.250. The predicted octanol–water partition coefficient (Wildman–Crippen LogP) is 6.00. The van der Waals surface area contributed by atoms with E-state index in [0.717, 1.165) is 16.0 Å². The molecule has 4 aromatic rings. The second kappa shape index (κ2) is 12.1. The topological polar surface area (TPSA) is 110 Å². The number of nitrogens with one attached hydrogen (secondary N) is 2. The standard InChI is InChI=1S/C28H29ClN4O4S2/c1-4-30-28(35)32-39(36,37)27-23(15-22(38-27)14-18(2)3)20-12-10-19(11-13-20)16-33-24(17-34)25(29)31-26(33)21-8-6-5-7-9-21/h5-13,15,17-18H,4,14,16H2,1-3H3,(H2,30,32,35). The minimum absolute atomic E-state index is 0.0909. The summed E-state index contributed by atoms with van der Waals surface area (Å²) >= 11 is 7.44. The molecule has 0 saturated heterocycles. The van der Waals surface area contributed by atoms with Crippen molar-refractivity contribution in [2.45, 2.75) is 37.9 Å². The fourth-order valence-corrected chi connectivity index (χ4v) is 7.29. The van der Waals surface area contributed by atoms with Crippen LogP contribution in [-0.4, -0.2) is 36.8 Å². The van der Waals surface area contributed by atoms with Crippen LogP contribution in [0.2, 0.25) is 5.15 Å². The maximum absolute atomic E-state index is 13.1. The number of carbonyl (C=O) groups excluding carboxylic acids is 2. The van der Waals surface area contributed by atoms with E-state index in [1.54, 1.807) is 11.5 Å². The smallest absolute Gasteiger partial charge is 0.328 e. The summed E-state index contributed by atoms with van der Waals surface area (Å²) in [5.74, 6) is 0.909. The first-order valence-electron chi connectivity index (χ1n) is 12.4. The van der Waals surface area contributed by atoms with Crippen LogP contribution in [0.15, 0.2) is 64.9 Å². The van der Waals surface area contributed by atoms with Crippen LogP contribution in [0.4, 0.5) is 4.79 Å². The Balaban J connectivity index is 1.69. The molecule has 0 unspecified atom stereocenters. The van der Waals surface area contributed by atoms with Crippen molar-refractivity contribution in [2.24, 2.45) is 5.92 Å². The first-order chi connectivity index (χ1) is 18.6. The third-order valence-electron chi connectivity index (χ3n) is 5.88. The fourth-order valence-electron chi connectivity index (χ4n) is 4.18. The van der Waals surface area contributed by atoms with Gasteiger partial charge in [-0.05, 0) is 36.5 Å². The number of hydrogen-bond donors (Lipinski definition) is 2. The molecule has 2 amide bonds. The summed E-state index contributed by atoms with van der Waals surface area (Å²) in [7, 11) is -4.09. The molecule has 0 atom stereocenters. The van der Waals surface area contributed by atoms with E-state index in [4.69, 9.17) is 11.6 Å². The predicted molar refractivity (Wildman–Crippen MR) is 155 cm³/mol. The van der Waals surface area contributed by atoms with Gasteiger partial charge in [-0.1, -0.05) is 80.0 Å². The molecule has 0 aliphatic carbocycles. The molecular weight excluding hydrogens is 556 g/mol. The third kappa shape index (κ3) is 6.58. The molecule has 8 nitrogen and oxygen atoms in total. The third-order valence-corrected chi connectivity index (χ3v) is 9.18. The van der Waals surface area contributed by atoms with E-state index >= 15 is 0 Å². The van der Waals surface area contributed by atoms with Crippen LogP contribution in [0.25, 0.3) is 22.5 Å². The number of carbonyl (C=O) groups is 2. The molecule has 2 aromatic carbocycles. The second-order valence-corrected chi connectivity index (χ2v) is 12.7. The zero-order valence-corrected chi connectivity index (χ0v) is 24.2. The number of thiophene rings is 1. The van der Waals surface area contributed by atoms with Crippen molar-refractivity contribution in [3.63, 3.8) is 0 Å². The summed E-state index contributed by atoms with van der Waals surface area (Å²) in [6.07, 6.45) is 1.40. The molecular formula is C28H29ClN4O4S2.